The SMILES string of the molecule is COCCC12CC(=O)Nc3cccc(c31)N(Cc1ccc3cc4c(cc3n1)CC1(C4)C(=O)NC(=O)N1C)C2. The van der Waals surface area contributed by atoms with Crippen molar-refractivity contribution >= 4 is 40.1 Å². The van der Waals surface area contributed by atoms with E-state index in [1.165, 1.54) is 5.56 Å². The van der Waals surface area contributed by atoms with Crippen LogP contribution >= 0.6 is 0 Å². The number of hydrogen-bond donors (Lipinski definition) is 2. The maximum atomic E-state index is 12.7. The highest BCUT2D eigenvalue weighted by Gasteiger charge is 2.54. The first kappa shape index (κ1) is 23.2. The second-order valence-corrected chi connectivity index (χ2v) is 11.1. The Morgan fingerprint density at radius 2 is 1.84 bits per heavy atom. The molecule has 9 heteroatoms. The fraction of sp³-hybridized carbons (Fsp3) is 0.379. The number of imide groups is 1. The minimum absolute atomic E-state index is 0.0475. The lowest BCUT2D eigenvalue weighted by molar-refractivity contribution is -0.125. The fourth-order valence-corrected chi connectivity index (χ4v) is 7.02. The van der Waals surface area contributed by atoms with Crippen LogP contribution in [0.5, 0.6) is 0 Å². The number of carbonyl (C=O) groups excluding carboxylic acids is 3. The van der Waals surface area contributed by atoms with Gasteiger partial charge in [0.2, 0.25) is 5.91 Å². The molecule has 0 bridgehead atoms. The predicted octanol–water partition coefficient (Wildman–Crippen LogP) is 2.89. The molecule has 0 radical (unpaired) electrons. The van der Waals surface area contributed by atoms with Crippen LogP contribution in [0.4, 0.5) is 16.2 Å². The van der Waals surface area contributed by atoms with Gasteiger partial charge in [-0.3, -0.25) is 19.9 Å². The van der Waals surface area contributed by atoms with Gasteiger partial charge in [0.15, 0.2) is 0 Å². The van der Waals surface area contributed by atoms with Gasteiger partial charge >= 0.3 is 6.03 Å². The van der Waals surface area contributed by atoms with Crippen molar-refractivity contribution in [3.05, 3.63) is 64.8 Å². The molecule has 3 aromatic rings. The molecule has 1 aliphatic carbocycles. The van der Waals surface area contributed by atoms with E-state index in [0.717, 1.165) is 52.1 Å². The Hall–Kier alpha value is -3.98. The average Bonchev–Trinajstić information content (AvgIpc) is 3.48. The summed E-state index contributed by atoms with van der Waals surface area (Å²) in [6, 6.07) is 14.1. The van der Waals surface area contributed by atoms with E-state index in [1.807, 2.05) is 12.1 Å². The van der Waals surface area contributed by atoms with Gasteiger partial charge in [0.05, 0.1) is 17.8 Å². The molecule has 2 atom stereocenters. The number of carbonyl (C=O) groups is 3. The summed E-state index contributed by atoms with van der Waals surface area (Å²) >= 11 is 0. The monoisotopic (exact) mass is 511 g/mol. The smallest absolute Gasteiger partial charge is 0.324 e. The third-order valence-corrected chi connectivity index (χ3v) is 8.94. The molecule has 4 aliphatic rings. The summed E-state index contributed by atoms with van der Waals surface area (Å²) < 4.78 is 5.43. The van der Waals surface area contributed by atoms with Gasteiger partial charge in [-0.2, -0.15) is 0 Å². The molecule has 3 aliphatic heterocycles. The van der Waals surface area contributed by atoms with Gasteiger partial charge in [-0.25, -0.2) is 4.79 Å². The van der Waals surface area contributed by atoms with Gasteiger partial charge in [-0.15, -0.1) is 0 Å². The fourth-order valence-electron chi connectivity index (χ4n) is 7.02. The number of amides is 4. The number of anilines is 2. The summed E-state index contributed by atoms with van der Waals surface area (Å²) in [6.07, 6.45) is 2.22. The molecule has 1 aromatic heterocycles. The Balaban J connectivity index is 1.21. The normalized spacial score (nSPS) is 25.3. The number of fused-ring (bicyclic) bond motifs is 2. The molecule has 9 nitrogen and oxygen atoms in total. The number of likely N-dealkylation sites (N-methyl/N-ethyl adjacent to an activating group) is 1. The molecule has 1 spiro atoms. The van der Waals surface area contributed by atoms with Crippen LogP contribution in [0.2, 0.25) is 0 Å². The van der Waals surface area contributed by atoms with Crippen molar-refractivity contribution in [3.63, 3.8) is 0 Å². The number of benzene rings is 2. The van der Waals surface area contributed by atoms with Crippen LogP contribution in [-0.2, 0) is 39.1 Å². The Morgan fingerprint density at radius 1 is 1.03 bits per heavy atom. The molecule has 38 heavy (non-hydrogen) atoms. The van der Waals surface area contributed by atoms with E-state index in [2.05, 4.69) is 45.9 Å². The van der Waals surface area contributed by atoms with Crippen molar-refractivity contribution in [3.8, 4) is 0 Å². The molecule has 1 fully saturated rings. The van der Waals surface area contributed by atoms with E-state index in [9.17, 15) is 14.4 Å². The zero-order chi connectivity index (χ0) is 26.2. The number of nitrogens with one attached hydrogen (secondary N) is 2. The maximum Gasteiger partial charge on any atom is 0.324 e. The van der Waals surface area contributed by atoms with Crippen LogP contribution in [0.3, 0.4) is 0 Å². The molecule has 1 saturated heterocycles. The molecule has 2 unspecified atom stereocenters. The highest BCUT2D eigenvalue weighted by molar-refractivity contribution is 6.08. The molecule has 4 heterocycles. The van der Waals surface area contributed by atoms with E-state index in [-0.39, 0.29) is 23.3 Å². The van der Waals surface area contributed by atoms with Crippen molar-refractivity contribution in [2.75, 3.05) is 37.5 Å². The number of urea groups is 1. The first-order chi connectivity index (χ1) is 18.3. The van der Waals surface area contributed by atoms with Crippen LogP contribution < -0.4 is 15.5 Å². The van der Waals surface area contributed by atoms with E-state index >= 15 is 0 Å². The molecule has 7 rings (SSSR count). The summed E-state index contributed by atoms with van der Waals surface area (Å²) in [5.74, 6) is -0.181. The summed E-state index contributed by atoms with van der Waals surface area (Å²) in [6.45, 7) is 1.95. The molecular formula is C29H29N5O4. The van der Waals surface area contributed by atoms with Gasteiger partial charge in [0.25, 0.3) is 5.91 Å². The van der Waals surface area contributed by atoms with Crippen LogP contribution in [0, 0.1) is 0 Å². The molecule has 2 aromatic carbocycles. The summed E-state index contributed by atoms with van der Waals surface area (Å²) in [5, 5.41) is 6.54. The Morgan fingerprint density at radius 3 is 2.61 bits per heavy atom. The molecule has 194 valence electrons. The first-order valence-electron chi connectivity index (χ1n) is 13.0. The number of nitrogens with zero attached hydrogens (tertiary/aromatic N) is 3. The maximum absolute atomic E-state index is 12.7. The van der Waals surface area contributed by atoms with Crippen LogP contribution in [0.25, 0.3) is 10.9 Å². The predicted molar refractivity (Wildman–Crippen MR) is 142 cm³/mol. The third kappa shape index (κ3) is 3.21. The number of ether oxygens (including phenoxy) is 1. The number of aromatic nitrogens is 1. The van der Waals surface area contributed by atoms with Crippen LogP contribution in [-0.4, -0.2) is 60.6 Å². The largest absolute Gasteiger partial charge is 0.385 e. The number of pyridine rings is 1. The first-order valence-corrected chi connectivity index (χ1v) is 13.0. The van der Waals surface area contributed by atoms with Crippen molar-refractivity contribution in [2.24, 2.45) is 0 Å². The minimum Gasteiger partial charge on any atom is -0.385 e. The van der Waals surface area contributed by atoms with Crippen molar-refractivity contribution in [1.29, 1.82) is 0 Å². The Labute approximate surface area is 220 Å². The van der Waals surface area contributed by atoms with Gasteiger partial charge < -0.3 is 19.9 Å². The Kier molecular flexibility index (Phi) is 4.88. The molecule has 2 N–H and O–H groups in total. The highest BCUT2D eigenvalue weighted by atomic mass is 16.5. The summed E-state index contributed by atoms with van der Waals surface area (Å²) in [5.41, 5.74) is 6.08. The van der Waals surface area contributed by atoms with Crippen molar-refractivity contribution < 1.29 is 19.1 Å². The van der Waals surface area contributed by atoms with Crippen molar-refractivity contribution in [2.45, 2.75) is 43.2 Å². The number of hydrogen-bond acceptors (Lipinski definition) is 6. The highest BCUT2D eigenvalue weighted by Crippen LogP contribution is 2.51. The summed E-state index contributed by atoms with van der Waals surface area (Å²) in [7, 11) is 3.39. The average molecular weight is 512 g/mol. The van der Waals surface area contributed by atoms with E-state index in [4.69, 9.17) is 9.72 Å². The number of rotatable bonds is 5. The van der Waals surface area contributed by atoms with E-state index in [0.29, 0.717) is 32.4 Å². The van der Waals surface area contributed by atoms with Gasteiger partial charge in [-0.05, 0) is 47.9 Å². The molecular weight excluding hydrogens is 482 g/mol. The van der Waals surface area contributed by atoms with Gasteiger partial charge in [-0.1, -0.05) is 12.1 Å². The van der Waals surface area contributed by atoms with Crippen LogP contribution in [0.1, 0.15) is 35.2 Å². The topological polar surface area (TPSA) is 104 Å². The van der Waals surface area contributed by atoms with Gasteiger partial charge in [0, 0.05) is 74.3 Å². The molecule has 0 saturated carbocycles. The quantitative estimate of drug-likeness (QED) is 0.511. The number of methoxy groups -OCH3 is 1. The second-order valence-electron chi connectivity index (χ2n) is 11.1. The van der Waals surface area contributed by atoms with Crippen LogP contribution in [0.15, 0.2) is 42.5 Å². The van der Waals surface area contributed by atoms with Crippen molar-refractivity contribution in [1.82, 2.24) is 15.2 Å². The zero-order valence-corrected chi connectivity index (χ0v) is 21.5. The third-order valence-electron chi connectivity index (χ3n) is 8.94. The van der Waals surface area contributed by atoms with Gasteiger partial charge in [0.1, 0.15) is 5.54 Å². The zero-order valence-electron chi connectivity index (χ0n) is 21.5. The minimum atomic E-state index is -0.847. The van der Waals surface area contributed by atoms with E-state index < -0.39 is 5.54 Å². The molecule has 4 amide bonds. The summed E-state index contributed by atoms with van der Waals surface area (Å²) in [4.78, 5) is 46.3. The Bertz CT molecular complexity index is 1550. The lowest BCUT2D eigenvalue weighted by atomic mass is 9.74. The standard InChI is InChI=1S/C29H29N5O4/c1-33-27(37)32-26(36)29(33)12-18-10-17-6-7-20(30-22(17)11-19(18)13-29)15-34-16-28(8-9-38-2)14-24(35)31-21-4-3-5-23(34)25(21)28/h3-7,10-11H,8-9,12-16H2,1-2H3,(H,31,35)(H,32,36,37). The lowest BCUT2D eigenvalue weighted by Gasteiger charge is -2.34. The second kappa shape index (κ2) is 8.01. The lowest BCUT2D eigenvalue weighted by Crippen LogP contribution is -2.48. The van der Waals surface area contributed by atoms with E-state index in [1.54, 1.807) is 19.1 Å².